The Hall–Kier alpha value is -3.67. The fourth-order valence-electron chi connectivity index (χ4n) is 4.90. The summed E-state index contributed by atoms with van der Waals surface area (Å²) in [6.45, 7) is 2.06. The summed E-state index contributed by atoms with van der Waals surface area (Å²) in [5, 5.41) is 21.1. The third-order valence-corrected chi connectivity index (χ3v) is 9.39. The van der Waals surface area contributed by atoms with E-state index in [0.29, 0.717) is 0 Å². The monoisotopic (exact) mass is 757 g/mol. The molecule has 0 spiro atoms. The fourth-order valence-corrected chi connectivity index (χ4v) is 7.05. The normalized spacial score (nSPS) is 30.5. The highest BCUT2D eigenvalue weighted by Crippen LogP contribution is 2.61. The molecule has 26 heteroatoms. The lowest BCUT2D eigenvalue weighted by molar-refractivity contribution is -0.291. The molecular formula is C24H33N5O19P2. The summed E-state index contributed by atoms with van der Waals surface area (Å²) < 4.78 is 72.4. The minimum atomic E-state index is -5.81. The Morgan fingerprint density at radius 2 is 1.44 bits per heavy atom. The van der Waals surface area contributed by atoms with E-state index in [1.165, 1.54) is 10.9 Å². The van der Waals surface area contributed by atoms with Crippen molar-refractivity contribution in [2.45, 2.75) is 82.9 Å². The summed E-state index contributed by atoms with van der Waals surface area (Å²) in [7, 11) is -11.4. The van der Waals surface area contributed by atoms with Crippen LogP contribution in [0.1, 0.15) is 33.9 Å². The summed E-state index contributed by atoms with van der Waals surface area (Å²) in [5.74, 6) is -3.88. The van der Waals surface area contributed by atoms with Gasteiger partial charge in [-0.25, -0.2) is 24.1 Å². The van der Waals surface area contributed by atoms with Crippen molar-refractivity contribution < 1.29 is 90.1 Å². The van der Waals surface area contributed by atoms with E-state index >= 15 is 0 Å². The van der Waals surface area contributed by atoms with Gasteiger partial charge in [0.15, 0.2) is 36.0 Å². The van der Waals surface area contributed by atoms with Crippen LogP contribution in [0.15, 0.2) is 12.7 Å². The molecule has 6 N–H and O–H groups in total. The molecule has 2 aliphatic rings. The zero-order valence-electron chi connectivity index (χ0n) is 26.4. The molecule has 2 aromatic heterocycles. The van der Waals surface area contributed by atoms with Crippen LogP contribution in [0.4, 0.5) is 5.82 Å². The lowest BCUT2D eigenvalue weighted by atomic mass is 9.98. The van der Waals surface area contributed by atoms with Crippen LogP contribution >= 0.6 is 15.6 Å². The summed E-state index contributed by atoms with van der Waals surface area (Å²) in [6.07, 6.45) is -13.3. The molecule has 0 aromatic carbocycles. The SMILES string of the molecule is CC(=O)OCC1O[C@@H](OP(=O)(O)OP(=O)(O)OC[C@H]2O[C@@H](n3cnc4c(N)ncnc43)C(O)C2O)C(OC(C)=O)C(OC(C)=O)[C@@H]1OC(C)=O. The number of aromatic nitrogens is 4. The van der Waals surface area contributed by atoms with E-state index in [-0.39, 0.29) is 17.0 Å². The number of rotatable bonds is 13. The molecule has 11 atom stereocenters. The van der Waals surface area contributed by atoms with E-state index in [4.69, 9.17) is 43.2 Å². The first-order chi connectivity index (χ1) is 23.3. The van der Waals surface area contributed by atoms with Crippen LogP contribution in [0.3, 0.4) is 0 Å². The lowest BCUT2D eigenvalue weighted by Gasteiger charge is -2.43. The Morgan fingerprint density at radius 3 is 2.06 bits per heavy atom. The molecular weight excluding hydrogens is 724 g/mol. The smallest absolute Gasteiger partial charge is 0.463 e. The standard InChI is InChI=1S/C24H33N5O19P2/c1-9(30)40-5-14-18(42-10(2)31)19(43-11(3)32)20(44-12(4)33)24(46-14)47-50(38,39)48-49(36,37)41-6-13-16(34)17(35)23(45-13)29-8-28-15-21(25)26-7-27-22(15)29/h7-8,13-14,16-20,23-24,34-35H,5-6H2,1-4H3,(H,36,37)(H,38,39)(H2,25,26,27)/t13-,14?,16?,17?,18-,19?,20?,23-,24+/m1/s1. The number of nitrogen functional groups attached to an aromatic ring is 1. The number of aliphatic hydroxyl groups is 2. The number of carbonyl (C=O) groups excluding carboxylic acids is 4. The van der Waals surface area contributed by atoms with E-state index < -0.39 is 108 Å². The molecule has 24 nitrogen and oxygen atoms in total. The van der Waals surface area contributed by atoms with Gasteiger partial charge in [-0.05, 0) is 0 Å². The highest BCUT2D eigenvalue weighted by atomic mass is 31.3. The molecule has 50 heavy (non-hydrogen) atoms. The summed E-state index contributed by atoms with van der Waals surface area (Å²) in [4.78, 5) is 79.8. The van der Waals surface area contributed by atoms with E-state index in [2.05, 4.69) is 19.3 Å². The number of nitrogens with two attached hydrogens (primary N) is 1. The van der Waals surface area contributed by atoms with Crippen molar-refractivity contribution in [3.63, 3.8) is 0 Å². The number of carbonyl (C=O) groups is 4. The average Bonchev–Trinajstić information content (AvgIpc) is 3.54. The summed E-state index contributed by atoms with van der Waals surface area (Å²) in [6, 6.07) is 0. The van der Waals surface area contributed by atoms with Gasteiger partial charge in [-0.15, -0.1) is 0 Å². The number of imidazole rings is 1. The van der Waals surface area contributed by atoms with Crippen LogP contribution < -0.4 is 5.73 Å². The van der Waals surface area contributed by atoms with Gasteiger partial charge in [-0.1, -0.05) is 0 Å². The first kappa shape index (κ1) is 39.1. The molecule has 4 heterocycles. The molecule has 4 rings (SSSR count). The van der Waals surface area contributed by atoms with Crippen molar-refractivity contribution in [2.24, 2.45) is 0 Å². The zero-order chi connectivity index (χ0) is 37.1. The van der Waals surface area contributed by atoms with Crippen LogP contribution in [0.2, 0.25) is 0 Å². The van der Waals surface area contributed by atoms with Crippen LogP contribution in [-0.4, -0.2) is 126 Å². The third kappa shape index (κ3) is 9.56. The van der Waals surface area contributed by atoms with Gasteiger partial charge in [0.2, 0.25) is 6.29 Å². The largest absolute Gasteiger partial charge is 0.483 e. The molecule has 0 aliphatic carbocycles. The number of nitrogens with zero attached hydrogens (tertiary/aromatic N) is 4. The molecule has 0 saturated carbocycles. The van der Waals surface area contributed by atoms with Crippen LogP contribution in [0.25, 0.3) is 11.2 Å². The van der Waals surface area contributed by atoms with Crippen molar-refractivity contribution in [2.75, 3.05) is 18.9 Å². The molecule has 2 aromatic rings. The maximum atomic E-state index is 13.0. The minimum Gasteiger partial charge on any atom is -0.463 e. The zero-order valence-corrected chi connectivity index (χ0v) is 28.2. The van der Waals surface area contributed by atoms with Crippen LogP contribution in [0.5, 0.6) is 0 Å². The predicted octanol–water partition coefficient (Wildman–Crippen LogP) is -1.64. The van der Waals surface area contributed by atoms with Crippen LogP contribution in [0, 0.1) is 0 Å². The topological polar surface area (TPSA) is 336 Å². The van der Waals surface area contributed by atoms with Crippen molar-refractivity contribution in [3.8, 4) is 0 Å². The average molecular weight is 757 g/mol. The minimum absolute atomic E-state index is 0.0134. The van der Waals surface area contributed by atoms with Gasteiger partial charge in [-0.2, -0.15) is 4.31 Å². The van der Waals surface area contributed by atoms with Gasteiger partial charge in [0, 0.05) is 27.7 Å². The van der Waals surface area contributed by atoms with Crippen molar-refractivity contribution in [1.29, 1.82) is 0 Å². The number of phosphoric acid groups is 2. The molecule has 2 fully saturated rings. The Kier molecular flexibility index (Phi) is 12.3. The van der Waals surface area contributed by atoms with Crippen molar-refractivity contribution >= 4 is 56.5 Å². The molecule has 0 amide bonds. The van der Waals surface area contributed by atoms with Gasteiger partial charge in [0.1, 0.15) is 42.9 Å². The molecule has 2 saturated heterocycles. The Bertz CT molecular complexity index is 1690. The second-order valence-corrected chi connectivity index (χ2v) is 13.6. The molecule has 2 aliphatic heterocycles. The second kappa shape index (κ2) is 15.7. The first-order valence-corrected chi connectivity index (χ1v) is 17.2. The van der Waals surface area contributed by atoms with E-state index in [1.807, 2.05) is 0 Å². The quantitative estimate of drug-likeness (QED) is 0.0869. The number of esters is 4. The Balaban J connectivity index is 1.49. The van der Waals surface area contributed by atoms with Gasteiger partial charge in [0.05, 0.1) is 12.9 Å². The van der Waals surface area contributed by atoms with Crippen molar-refractivity contribution in [3.05, 3.63) is 12.7 Å². The van der Waals surface area contributed by atoms with Crippen molar-refractivity contribution in [1.82, 2.24) is 19.5 Å². The maximum Gasteiger partial charge on any atom is 0.483 e. The van der Waals surface area contributed by atoms with E-state index in [0.717, 1.165) is 34.0 Å². The lowest BCUT2D eigenvalue weighted by Crippen LogP contribution is -2.62. The Morgan fingerprint density at radius 1 is 0.820 bits per heavy atom. The van der Waals surface area contributed by atoms with Gasteiger partial charge >= 0.3 is 39.5 Å². The second-order valence-electron chi connectivity index (χ2n) is 10.6. The first-order valence-electron chi connectivity index (χ1n) is 14.2. The van der Waals surface area contributed by atoms with Crippen LogP contribution in [-0.2, 0) is 70.1 Å². The van der Waals surface area contributed by atoms with Gasteiger partial charge in [0.25, 0.3) is 0 Å². The number of hydrogen-bond acceptors (Lipinski definition) is 21. The molecule has 278 valence electrons. The van der Waals surface area contributed by atoms with Gasteiger partial charge in [-0.3, -0.25) is 32.8 Å². The molecule has 0 bridgehead atoms. The number of anilines is 1. The highest BCUT2D eigenvalue weighted by Gasteiger charge is 2.55. The summed E-state index contributed by atoms with van der Waals surface area (Å²) >= 11 is 0. The number of aliphatic hydroxyl groups excluding tert-OH is 2. The fraction of sp³-hybridized carbons (Fsp3) is 0.625. The van der Waals surface area contributed by atoms with Gasteiger partial charge < -0.3 is 54.2 Å². The highest BCUT2D eigenvalue weighted by molar-refractivity contribution is 7.61. The number of ether oxygens (including phenoxy) is 6. The third-order valence-electron chi connectivity index (χ3n) is 6.79. The number of hydrogen-bond donors (Lipinski definition) is 5. The number of phosphoric ester groups is 2. The Labute approximate surface area is 280 Å². The molecule has 7 unspecified atom stereocenters. The maximum absolute atomic E-state index is 13.0. The molecule has 0 radical (unpaired) electrons. The number of fused-ring (bicyclic) bond motifs is 1. The van der Waals surface area contributed by atoms with E-state index in [1.54, 1.807) is 0 Å². The predicted molar refractivity (Wildman–Crippen MR) is 155 cm³/mol. The van der Waals surface area contributed by atoms with E-state index in [9.17, 15) is 48.3 Å². The summed E-state index contributed by atoms with van der Waals surface area (Å²) in [5.41, 5.74) is 6.03.